The van der Waals surface area contributed by atoms with Gasteiger partial charge < -0.3 is 5.11 Å². The molecule has 0 saturated carbocycles. The first-order valence-corrected chi connectivity index (χ1v) is 8.84. The van der Waals surface area contributed by atoms with Crippen molar-refractivity contribution in [2.24, 2.45) is 0 Å². The number of aromatic nitrogens is 1. The lowest BCUT2D eigenvalue weighted by molar-refractivity contribution is 0.0382. The molecule has 0 spiro atoms. The van der Waals surface area contributed by atoms with Crippen LogP contribution < -0.4 is 0 Å². The average Bonchev–Trinajstić information content (AvgIpc) is 2.69. The Kier molecular flexibility index (Phi) is 4.27. The average molecular weight is 339 g/mol. The van der Waals surface area contributed by atoms with Crippen LogP contribution in [0.4, 0.5) is 0 Å². The molecule has 4 rings (SSSR count). The Hall–Kier alpha value is -2.97. The van der Waals surface area contributed by atoms with Crippen molar-refractivity contribution in [3.05, 3.63) is 114 Å². The van der Waals surface area contributed by atoms with Crippen LogP contribution in [-0.2, 0) is 5.60 Å². The molecule has 0 aliphatic rings. The summed E-state index contributed by atoms with van der Waals surface area (Å²) in [6.07, 6.45) is 1.78. The van der Waals surface area contributed by atoms with E-state index in [1.54, 1.807) is 6.20 Å². The fraction of sp³-hybridized carbons (Fsp3) is 0.125. The van der Waals surface area contributed by atoms with Crippen molar-refractivity contribution >= 4 is 10.8 Å². The van der Waals surface area contributed by atoms with E-state index in [4.69, 9.17) is 0 Å². The van der Waals surface area contributed by atoms with Gasteiger partial charge in [-0.15, -0.1) is 0 Å². The lowest BCUT2D eigenvalue weighted by Crippen LogP contribution is -2.31. The number of nitrogens with zero attached hydrogens (tertiary/aromatic N) is 1. The summed E-state index contributed by atoms with van der Waals surface area (Å²) in [6.45, 7) is 1.88. The first-order chi connectivity index (χ1) is 12.7. The van der Waals surface area contributed by atoms with Gasteiger partial charge in [-0.3, -0.25) is 4.98 Å². The quantitative estimate of drug-likeness (QED) is 0.549. The van der Waals surface area contributed by atoms with Crippen molar-refractivity contribution in [1.29, 1.82) is 0 Å². The molecule has 2 atom stereocenters. The van der Waals surface area contributed by atoms with Crippen molar-refractivity contribution in [3.8, 4) is 0 Å². The SMILES string of the molecule is C[C@@](O)(c1ccc2ccccc2c1)[C@H](c1ccccc1)c1ccccn1. The molecule has 26 heavy (non-hydrogen) atoms. The maximum Gasteiger partial charge on any atom is 0.0992 e. The van der Waals surface area contributed by atoms with Crippen LogP contribution in [0.2, 0.25) is 0 Å². The highest BCUT2D eigenvalue weighted by molar-refractivity contribution is 5.83. The predicted octanol–water partition coefficient (Wildman–Crippen LogP) is 5.27. The van der Waals surface area contributed by atoms with Gasteiger partial charge in [0.05, 0.1) is 17.2 Å². The maximum atomic E-state index is 11.7. The van der Waals surface area contributed by atoms with Gasteiger partial charge in [-0.2, -0.15) is 0 Å². The summed E-state index contributed by atoms with van der Waals surface area (Å²) >= 11 is 0. The van der Waals surface area contributed by atoms with Crippen molar-refractivity contribution < 1.29 is 5.11 Å². The topological polar surface area (TPSA) is 33.1 Å². The van der Waals surface area contributed by atoms with Crippen LogP contribution in [0.25, 0.3) is 10.8 Å². The molecule has 128 valence electrons. The van der Waals surface area contributed by atoms with Gasteiger partial charge in [-0.05, 0) is 47.0 Å². The molecule has 0 saturated heterocycles. The number of fused-ring (bicyclic) bond motifs is 1. The Morgan fingerprint density at radius 1 is 0.769 bits per heavy atom. The van der Waals surface area contributed by atoms with Gasteiger partial charge >= 0.3 is 0 Å². The Labute approximate surface area is 153 Å². The summed E-state index contributed by atoms with van der Waals surface area (Å²) in [6, 6.07) is 30.3. The second-order valence-corrected chi connectivity index (χ2v) is 6.81. The minimum Gasteiger partial charge on any atom is -0.384 e. The predicted molar refractivity (Wildman–Crippen MR) is 106 cm³/mol. The molecular weight excluding hydrogens is 318 g/mol. The second-order valence-electron chi connectivity index (χ2n) is 6.81. The van der Waals surface area contributed by atoms with E-state index < -0.39 is 5.60 Å². The fourth-order valence-electron chi connectivity index (χ4n) is 3.65. The normalized spacial score (nSPS) is 14.7. The molecule has 0 unspecified atom stereocenters. The number of hydrogen-bond acceptors (Lipinski definition) is 2. The molecule has 0 radical (unpaired) electrons. The molecular formula is C24H21NO. The summed E-state index contributed by atoms with van der Waals surface area (Å²) in [7, 11) is 0. The smallest absolute Gasteiger partial charge is 0.0992 e. The first-order valence-electron chi connectivity index (χ1n) is 8.84. The minimum absolute atomic E-state index is 0.258. The van der Waals surface area contributed by atoms with Gasteiger partial charge in [-0.1, -0.05) is 72.8 Å². The number of hydrogen-bond donors (Lipinski definition) is 1. The highest BCUT2D eigenvalue weighted by Crippen LogP contribution is 2.41. The van der Waals surface area contributed by atoms with Gasteiger partial charge in [0.15, 0.2) is 0 Å². The third kappa shape index (κ3) is 3.00. The molecule has 0 aliphatic carbocycles. The highest BCUT2D eigenvalue weighted by Gasteiger charge is 2.37. The van der Waals surface area contributed by atoms with E-state index in [2.05, 4.69) is 41.4 Å². The zero-order valence-corrected chi connectivity index (χ0v) is 14.7. The number of benzene rings is 3. The summed E-state index contributed by atoms with van der Waals surface area (Å²) in [5, 5.41) is 14.0. The minimum atomic E-state index is -1.10. The largest absolute Gasteiger partial charge is 0.384 e. The molecule has 2 nitrogen and oxygen atoms in total. The summed E-state index contributed by atoms with van der Waals surface area (Å²) < 4.78 is 0. The molecule has 0 aliphatic heterocycles. The molecule has 1 N–H and O–H groups in total. The molecule has 0 amide bonds. The lowest BCUT2D eigenvalue weighted by atomic mass is 9.76. The van der Waals surface area contributed by atoms with E-state index in [0.717, 1.165) is 22.2 Å². The first kappa shape index (κ1) is 16.5. The van der Waals surface area contributed by atoms with E-state index in [0.29, 0.717) is 0 Å². The standard InChI is InChI=1S/C24H21NO/c1-24(26,21-15-14-18-9-5-6-12-20(18)17-21)23(19-10-3-2-4-11-19)22-13-7-8-16-25-22/h2-17,23,26H,1H3/t23-,24-/m1/s1. The maximum absolute atomic E-state index is 11.7. The van der Waals surface area contributed by atoms with E-state index in [9.17, 15) is 5.11 Å². The van der Waals surface area contributed by atoms with E-state index in [1.807, 2.05) is 61.5 Å². The zero-order valence-electron chi connectivity index (χ0n) is 14.7. The van der Waals surface area contributed by atoms with Crippen LogP contribution >= 0.6 is 0 Å². The number of pyridine rings is 1. The molecule has 1 heterocycles. The fourth-order valence-corrected chi connectivity index (χ4v) is 3.65. The van der Waals surface area contributed by atoms with Gasteiger partial charge in [0.1, 0.15) is 0 Å². The Bertz CT molecular complexity index is 970. The number of aliphatic hydroxyl groups is 1. The van der Waals surface area contributed by atoms with Crippen LogP contribution in [-0.4, -0.2) is 10.1 Å². The lowest BCUT2D eigenvalue weighted by Gasteiger charge is -2.34. The summed E-state index contributed by atoms with van der Waals surface area (Å²) in [5.74, 6) is -0.258. The van der Waals surface area contributed by atoms with Crippen molar-refractivity contribution in [2.75, 3.05) is 0 Å². The van der Waals surface area contributed by atoms with E-state index in [-0.39, 0.29) is 5.92 Å². The van der Waals surface area contributed by atoms with Crippen LogP contribution in [0.1, 0.15) is 29.7 Å². The van der Waals surface area contributed by atoms with Gasteiger partial charge in [0.25, 0.3) is 0 Å². The number of rotatable bonds is 4. The third-order valence-corrected chi connectivity index (χ3v) is 5.01. The third-order valence-electron chi connectivity index (χ3n) is 5.01. The Balaban J connectivity index is 1.87. The van der Waals surface area contributed by atoms with Crippen LogP contribution in [0, 0.1) is 0 Å². The Morgan fingerprint density at radius 2 is 1.46 bits per heavy atom. The highest BCUT2D eigenvalue weighted by atomic mass is 16.3. The molecule has 4 aromatic rings. The summed E-state index contributed by atoms with van der Waals surface area (Å²) in [4.78, 5) is 4.55. The van der Waals surface area contributed by atoms with Crippen molar-refractivity contribution in [1.82, 2.24) is 4.98 Å². The monoisotopic (exact) mass is 339 g/mol. The van der Waals surface area contributed by atoms with Crippen LogP contribution in [0.15, 0.2) is 97.2 Å². The molecule has 0 fully saturated rings. The summed E-state index contributed by atoms with van der Waals surface area (Å²) in [5.41, 5.74) is 1.69. The van der Waals surface area contributed by atoms with Crippen molar-refractivity contribution in [3.63, 3.8) is 0 Å². The van der Waals surface area contributed by atoms with Crippen LogP contribution in [0.3, 0.4) is 0 Å². The van der Waals surface area contributed by atoms with E-state index in [1.165, 1.54) is 5.39 Å². The Morgan fingerprint density at radius 3 is 2.19 bits per heavy atom. The van der Waals surface area contributed by atoms with Crippen LogP contribution in [0.5, 0.6) is 0 Å². The van der Waals surface area contributed by atoms with Gasteiger partial charge in [-0.25, -0.2) is 0 Å². The van der Waals surface area contributed by atoms with E-state index >= 15 is 0 Å². The molecule has 2 heteroatoms. The molecule has 1 aromatic heterocycles. The molecule has 0 bridgehead atoms. The van der Waals surface area contributed by atoms with Crippen molar-refractivity contribution in [2.45, 2.75) is 18.4 Å². The van der Waals surface area contributed by atoms with Gasteiger partial charge in [0.2, 0.25) is 0 Å². The second kappa shape index (κ2) is 6.74. The molecule has 3 aromatic carbocycles. The zero-order chi connectivity index (χ0) is 18.0. The van der Waals surface area contributed by atoms with Gasteiger partial charge in [0, 0.05) is 6.20 Å².